The molecule has 1 rings (SSSR count). The third kappa shape index (κ3) is 5.29. The van der Waals surface area contributed by atoms with Crippen LogP contribution in [0.3, 0.4) is 0 Å². The molecule has 0 aliphatic rings. The van der Waals surface area contributed by atoms with Gasteiger partial charge >= 0.3 is 6.36 Å². The van der Waals surface area contributed by atoms with E-state index in [1.165, 1.54) is 13.2 Å². The summed E-state index contributed by atoms with van der Waals surface area (Å²) in [6.45, 7) is 7.89. The Kier molecular flexibility index (Phi) is 6.58. The van der Waals surface area contributed by atoms with E-state index in [9.17, 15) is 13.2 Å². The van der Waals surface area contributed by atoms with Crippen molar-refractivity contribution >= 4 is 0 Å². The van der Waals surface area contributed by atoms with Gasteiger partial charge in [0, 0.05) is 0 Å². The summed E-state index contributed by atoms with van der Waals surface area (Å²) in [7, 11) is 1.31. The predicted molar refractivity (Wildman–Crippen MR) is 65.1 cm³/mol. The van der Waals surface area contributed by atoms with Crippen molar-refractivity contribution in [1.29, 1.82) is 0 Å². The van der Waals surface area contributed by atoms with Crippen molar-refractivity contribution in [3.05, 3.63) is 23.8 Å². The summed E-state index contributed by atoms with van der Waals surface area (Å²) in [6, 6.07) is 4.40. The van der Waals surface area contributed by atoms with Crippen LogP contribution in [-0.4, -0.2) is 13.5 Å². The van der Waals surface area contributed by atoms with Gasteiger partial charge in [-0.1, -0.05) is 33.8 Å². The maximum atomic E-state index is 12.0. The van der Waals surface area contributed by atoms with Crippen LogP contribution in [0.1, 0.15) is 39.2 Å². The van der Waals surface area contributed by atoms with Gasteiger partial charge in [-0.25, -0.2) is 0 Å². The summed E-state index contributed by atoms with van der Waals surface area (Å²) in [5.74, 6) is -0.0169. The molecule has 0 unspecified atom stereocenters. The van der Waals surface area contributed by atoms with Gasteiger partial charge in [0.25, 0.3) is 0 Å². The standard InChI is InChI=1S/C11H13F3O2.C2H6/c1-7(2)8-4-5-9(10(6-8)15-3)16-11(12,13)14;1-2/h4-7H,1-3H3;1-2H3. The zero-order valence-corrected chi connectivity index (χ0v) is 11.3. The molecule has 0 spiro atoms. The van der Waals surface area contributed by atoms with Gasteiger partial charge in [-0.15, -0.1) is 13.2 Å². The van der Waals surface area contributed by atoms with Crippen molar-refractivity contribution in [2.24, 2.45) is 0 Å². The van der Waals surface area contributed by atoms with Crippen LogP contribution >= 0.6 is 0 Å². The van der Waals surface area contributed by atoms with Crippen LogP contribution in [0.5, 0.6) is 11.5 Å². The first kappa shape index (κ1) is 16.6. The highest BCUT2D eigenvalue weighted by Gasteiger charge is 2.32. The SMILES string of the molecule is CC.COc1cc(C(C)C)ccc1OC(F)(F)F. The van der Waals surface area contributed by atoms with E-state index >= 15 is 0 Å². The zero-order valence-electron chi connectivity index (χ0n) is 11.3. The number of hydrogen-bond donors (Lipinski definition) is 0. The Balaban J connectivity index is 0.00000137. The summed E-state index contributed by atoms with van der Waals surface area (Å²) < 4.78 is 44.8. The summed E-state index contributed by atoms with van der Waals surface area (Å²) in [4.78, 5) is 0. The van der Waals surface area contributed by atoms with E-state index in [1.807, 2.05) is 27.7 Å². The molecule has 1 aromatic rings. The lowest BCUT2D eigenvalue weighted by molar-refractivity contribution is -0.275. The molecule has 2 nitrogen and oxygen atoms in total. The average molecular weight is 264 g/mol. The second-order valence-electron chi connectivity index (χ2n) is 3.61. The maximum absolute atomic E-state index is 12.0. The van der Waals surface area contributed by atoms with E-state index in [1.54, 1.807) is 12.1 Å². The van der Waals surface area contributed by atoms with Crippen molar-refractivity contribution in [3.63, 3.8) is 0 Å². The van der Waals surface area contributed by atoms with Gasteiger partial charge in [0.2, 0.25) is 0 Å². The molecule has 0 aliphatic heterocycles. The first-order valence-corrected chi connectivity index (χ1v) is 5.77. The van der Waals surface area contributed by atoms with Crippen molar-refractivity contribution in [2.75, 3.05) is 7.11 Å². The number of benzene rings is 1. The average Bonchev–Trinajstić information content (AvgIpc) is 2.30. The highest BCUT2D eigenvalue weighted by atomic mass is 19.4. The van der Waals surface area contributed by atoms with Gasteiger partial charge in [0.05, 0.1) is 7.11 Å². The first-order chi connectivity index (χ1) is 8.33. The molecule has 0 saturated carbocycles. The molecule has 0 atom stereocenters. The van der Waals surface area contributed by atoms with Gasteiger partial charge in [-0.2, -0.15) is 0 Å². The first-order valence-electron chi connectivity index (χ1n) is 5.77. The smallest absolute Gasteiger partial charge is 0.493 e. The summed E-state index contributed by atoms with van der Waals surface area (Å²) in [6.07, 6.45) is -4.70. The number of rotatable bonds is 3. The number of ether oxygens (including phenoxy) is 2. The molecule has 0 saturated heterocycles. The quantitative estimate of drug-likeness (QED) is 0.784. The number of methoxy groups -OCH3 is 1. The van der Waals surface area contributed by atoms with Crippen LogP contribution in [0.4, 0.5) is 13.2 Å². The van der Waals surface area contributed by atoms with Crippen molar-refractivity contribution < 1.29 is 22.6 Å². The van der Waals surface area contributed by atoms with Crippen LogP contribution in [0.2, 0.25) is 0 Å². The molecule has 0 aromatic heterocycles. The molecule has 0 radical (unpaired) electrons. The Hall–Kier alpha value is -1.39. The number of hydrogen-bond acceptors (Lipinski definition) is 2. The second kappa shape index (κ2) is 7.13. The minimum Gasteiger partial charge on any atom is -0.493 e. The molecule has 0 N–H and O–H groups in total. The molecular weight excluding hydrogens is 245 g/mol. The molecule has 0 heterocycles. The fourth-order valence-corrected chi connectivity index (χ4v) is 1.25. The van der Waals surface area contributed by atoms with Gasteiger partial charge in [-0.05, 0) is 23.6 Å². The maximum Gasteiger partial charge on any atom is 0.573 e. The number of alkyl halides is 3. The molecular formula is C13H19F3O2. The summed E-state index contributed by atoms with van der Waals surface area (Å²) in [5, 5.41) is 0. The molecule has 0 fully saturated rings. The van der Waals surface area contributed by atoms with Crippen molar-refractivity contribution in [3.8, 4) is 11.5 Å². The zero-order chi connectivity index (χ0) is 14.3. The van der Waals surface area contributed by atoms with Crippen molar-refractivity contribution in [1.82, 2.24) is 0 Å². The molecule has 0 amide bonds. The van der Waals surface area contributed by atoms with Gasteiger partial charge in [-0.3, -0.25) is 0 Å². The molecule has 0 aliphatic carbocycles. The Labute approximate surface area is 106 Å². The van der Waals surface area contributed by atoms with Crippen LogP contribution < -0.4 is 9.47 Å². The van der Waals surface area contributed by atoms with Crippen LogP contribution in [0, 0.1) is 0 Å². The van der Waals surface area contributed by atoms with Crippen molar-refractivity contribution in [2.45, 2.75) is 40.0 Å². The Morgan fingerprint density at radius 2 is 1.61 bits per heavy atom. The summed E-state index contributed by atoms with van der Waals surface area (Å²) in [5.41, 5.74) is 0.895. The third-order valence-electron chi connectivity index (χ3n) is 2.08. The minimum absolute atomic E-state index is 0.0866. The molecule has 104 valence electrons. The highest BCUT2D eigenvalue weighted by Crippen LogP contribution is 2.34. The molecule has 5 heteroatoms. The lowest BCUT2D eigenvalue weighted by atomic mass is 10.0. The van der Waals surface area contributed by atoms with Gasteiger partial charge < -0.3 is 9.47 Å². The minimum atomic E-state index is -4.70. The topological polar surface area (TPSA) is 18.5 Å². The van der Waals surface area contributed by atoms with E-state index in [0.29, 0.717) is 0 Å². The molecule has 18 heavy (non-hydrogen) atoms. The fourth-order valence-electron chi connectivity index (χ4n) is 1.25. The Morgan fingerprint density at radius 1 is 1.06 bits per heavy atom. The van der Waals surface area contributed by atoms with E-state index in [-0.39, 0.29) is 17.4 Å². The largest absolute Gasteiger partial charge is 0.573 e. The second-order valence-corrected chi connectivity index (χ2v) is 3.61. The third-order valence-corrected chi connectivity index (χ3v) is 2.08. The van der Waals surface area contributed by atoms with Gasteiger partial charge in [0.1, 0.15) is 0 Å². The van der Waals surface area contributed by atoms with Crippen LogP contribution in [0.15, 0.2) is 18.2 Å². The fraction of sp³-hybridized carbons (Fsp3) is 0.538. The van der Waals surface area contributed by atoms with E-state index in [4.69, 9.17) is 4.74 Å². The van der Waals surface area contributed by atoms with E-state index in [0.717, 1.165) is 5.56 Å². The monoisotopic (exact) mass is 264 g/mol. The molecule has 0 bridgehead atoms. The lowest BCUT2D eigenvalue weighted by Crippen LogP contribution is -2.17. The Morgan fingerprint density at radius 3 is 2.00 bits per heavy atom. The van der Waals surface area contributed by atoms with Crippen LogP contribution in [0.25, 0.3) is 0 Å². The Bertz CT molecular complexity index is 360. The predicted octanol–water partition coefficient (Wildman–Crippen LogP) is 4.74. The normalized spacial score (nSPS) is 10.7. The summed E-state index contributed by atoms with van der Waals surface area (Å²) >= 11 is 0. The van der Waals surface area contributed by atoms with E-state index < -0.39 is 6.36 Å². The van der Waals surface area contributed by atoms with Gasteiger partial charge in [0.15, 0.2) is 11.5 Å². The molecule has 1 aromatic carbocycles. The van der Waals surface area contributed by atoms with Crippen LogP contribution in [-0.2, 0) is 0 Å². The number of halogens is 3. The van der Waals surface area contributed by atoms with E-state index in [2.05, 4.69) is 4.74 Å². The lowest BCUT2D eigenvalue weighted by Gasteiger charge is -2.14. The highest BCUT2D eigenvalue weighted by molar-refractivity contribution is 5.43.